The van der Waals surface area contributed by atoms with E-state index in [1.165, 1.54) is 0 Å². The number of aryl methyl sites for hydroxylation is 1. The second-order valence-electron chi connectivity index (χ2n) is 4.84. The molecule has 4 nitrogen and oxygen atoms in total. The van der Waals surface area contributed by atoms with Crippen LogP contribution in [-0.4, -0.2) is 25.4 Å². The third-order valence-corrected chi connectivity index (χ3v) is 3.80. The molecule has 2 rings (SSSR count). The van der Waals surface area contributed by atoms with E-state index in [4.69, 9.17) is 33.3 Å². The lowest BCUT2D eigenvalue weighted by Crippen LogP contribution is -2.31. The van der Waals surface area contributed by atoms with Gasteiger partial charge >= 0.3 is 0 Å². The van der Waals surface area contributed by atoms with Crippen LogP contribution in [0.1, 0.15) is 5.56 Å². The lowest BCUT2D eigenvalue weighted by Gasteiger charge is -2.13. The van der Waals surface area contributed by atoms with Crippen molar-refractivity contribution in [1.29, 1.82) is 0 Å². The summed E-state index contributed by atoms with van der Waals surface area (Å²) in [6.07, 6.45) is 0. The number of para-hydroxylation sites is 2. The fraction of sp³-hybridized carbons (Fsp3) is 0.235. The van der Waals surface area contributed by atoms with E-state index in [0.29, 0.717) is 34.8 Å². The van der Waals surface area contributed by atoms with Crippen LogP contribution in [0, 0.1) is 6.92 Å². The average molecular weight is 351 g/mol. The molecule has 0 aliphatic heterocycles. The highest BCUT2D eigenvalue weighted by Crippen LogP contribution is 2.25. The first kappa shape index (κ1) is 17.4. The minimum Gasteiger partial charge on any atom is -0.493 e. The lowest BCUT2D eigenvalue weighted by atomic mass is 10.2. The van der Waals surface area contributed by atoms with Crippen molar-refractivity contribution >= 4 is 34.6 Å². The first-order chi connectivity index (χ1) is 11.1. The van der Waals surface area contributed by atoms with Gasteiger partial charge in [0, 0.05) is 10.7 Å². The number of rotatable bonds is 6. The normalized spacial score (nSPS) is 10.0. The molecule has 0 atom stereocenters. The topological polar surface area (TPSA) is 42.5 Å². The summed E-state index contributed by atoms with van der Waals surface area (Å²) in [5, 5.41) is 7.40. The van der Waals surface area contributed by atoms with Crippen molar-refractivity contribution in [3.05, 3.63) is 53.1 Å². The lowest BCUT2D eigenvalue weighted by molar-refractivity contribution is 0.298. The number of thiocarbonyl (C=S) groups is 1. The number of methoxy groups -OCH3 is 1. The molecule has 0 amide bonds. The van der Waals surface area contributed by atoms with Crippen molar-refractivity contribution in [2.24, 2.45) is 0 Å². The van der Waals surface area contributed by atoms with Crippen molar-refractivity contribution in [3.8, 4) is 11.5 Å². The zero-order valence-electron chi connectivity index (χ0n) is 13.1. The molecule has 23 heavy (non-hydrogen) atoms. The van der Waals surface area contributed by atoms with Gasteiger partial charge in [0.1, 0.15) is 6.61 Å². The van der Waals surface area contributed by atoms with Crippen LogP contribution in [0.5, 0.6) is 11.5 Å². The summed E-state index contributed by atoms with van der Waals surface area (Å²) in [4.78, 5) is 0. The number of ether oxygens (including phenoxy) is 2. The van der Waals surface area contributed by atoms with E-state index in [-0.39, 0.29) is 0 Å². The first-order valence-corrected chi connectivity index (χ1v) is 7.95. The smallest absolute Gasteiger partial charge is 0.170 e. The molecule has 2 aromatic carbocycles. The Balaban J connectivity index is 1.75. The van der Waals surface area contributed by atoms with E-state index in [9.17, 15) is 0 Å². The highest BCUT2D eigenvalue weighted by molar-refractivity contribution is 7.80. The predicted octanol–water partition coefficient (Wildman–Crippen LogP) is 4.02. The van der Waals surface area contributed by atoms with Gasteiger partial charge in [-0.05, 0) is 49.0 Å². The monoisotopic (exact) mass is 350 g/mol. The van der Waals surface area contributed by atoms with Gasteiger partial charge in [-0.2, -0.15) is 0 Å². The maximum absolute atomic E-state index is 6.08. The van der Waals surface area contributed by atoms with E-state index in [1.807, 2.05) is 49.4 Å². The summed E-state index contributed by atoms with van der Waals surface area (Å²) in [6, 6.07) is 13.2. The second kappa shape index (κ2) is 8.60. The van der Waals surface area contributed by atoms with Gasteiger partial charge in [-0.25, -0.2) is 0 Å². The molecule has 0 aliphatic carbocycles. The average Bonchev–Trinajstić information content (AvgIpc) is 2.55. The highest BCUT2D eigenvalue weighted by atomic mass is 35.5. The van der Waals surface area contributed by atoms with Crippen LogP contribution >= 0.6 is 23.8 Å². The molecule has 0 fully saturated rings. The summed E-state index contributed by atoms with van der Waals surface area (Å²) in [6.45, 7) is 3.00. The molecular formula is C17H19ClN2O2S. The Kier molecular flexibility index (Phi) is 6.50. The van der Waals surface area contributed by atoms with Gasteiger partial charge in [-0.15, -0.1) is 0 Å². The summed E-state index contributed by atoms with van der Waals surface area (Å²) in [5.41, 5.74) is 1.88. The molecule has 0 aliphatic rings. The number of benzene rings is 2. The third kappa shape index (κ3) is 5.30. The molecular weight excluding hydrogens is 332 g/mol. The molecule has 0 heterocycles. The van der Waals surface area contributed by atoms with E-state index >= 15 is 0 Å². The highest BCUT2D eigenvalue weighted by Gasteiger charge is 2.03. The van der Waals surface area contributed by atoms with Crippen LogP contribution < -0.4 is 20.1 Å². The quantitative estimate of drug-likeness (QED) is 0.608. The zero-order chi connectivity index (χ0) is 16.7. The maximum Gasteiger partial charge on any atom is 0.170 e. The van der Waals surface area contributed by atoms with E-state index in [1.54, 1.807) is 7.11 Å². The van der Waals surface area contributed by atoms with Gasteiger partial charge in [-0.1, -0.05) is 29.8 Å². The van der Waals surface area contributed by atoms with Crippen LogP contribution in [0.4, 0.5) is 5.69 Å². The van der Waals surface area contributed by atoms with Gasteiger partial charge < -0.3 is 20.1 Å². The Morgan fingerprint density at radius 1 is 1.17 bits per heavy atom. The molecule has 0 radical (unpaired) electrons. The van der Waals surface area contributed by atoms with E-state index in [0.717, 1.165) is 11.3 Å². The van der Waals surface area contributed by atoms with Gasteiger partial charge in [0.15, 0.2) is 16.6 Å². The number of halogens is 1. The van der Waals surface area contributed by atoms with Crippen molar-refractivity contribution in [3.63, 3.8) is 0 Å². The Labute approximate surface area is 146 Å². The van der Waals surface area contributed by atoms with E-state index < -0.39 is 0 Å². The number of anilines is 1. The summed E-state index contributed by atoms with van der Waals surface area (Å²) < 4.78 is 10.9. The molecule has 2 aromatic rings. The molecule has 0 aromatic heterocycles. The second-order valence-corrected chi connectivity index (χ2v) is 5.66. The van der Waals surface area contributed by atoms with Gasteiger partial charge in [0.05, 0.1) is 13.7 Å². The number of hydrogen-bond acceptors (Lipinski definition) is 3. The van der Waals surface area contributed by atoms with Crippen molar-refractivity contribution in [1.82, 2.24) is 5.32 Å². The standard InChI is InChI=1S/C17H19ClN2O2S/c1-12-7-8-13(11-14(12)18)20-17(23)19-9-10-22-16-6-4-3-5-15(16)21-2/h3-8,11H,9-10H2,1-2H3,(H2,19,20,23). The Bertz CT molecular complexity index is 679. The molecule has 0 saturated carbocycles. The SMILES string of the molecule is COc1ccccc1OCCNC(=S)Nc1ccc(C)c(Cl)c1. The minimum absolute atomic E-state index is 0.469. The zero-order valence-corrected chi connectivity index (χ0v) is 14.6. The van der Waals surface area contributed by atoms with Gasteiger partial charge in [-0.3, -0.25) is 0 Å². The van der Waals surface area contributed by atoms with Crippen LogP contribution in [0.15, 0.2) is 42.5 Å². The Hall–Kier alpha value is -1.98. The molecule has 122 valence electrons. The van der Waals surface area contributed by atoms with Crippen LogP contribution in [0.25, 0.3) is 0 Å². The third-order valence-electron chi connectivity index (χ3n) is 3.14. The predicted molar refractivity (Wildman–Crippen MR) is 98.9 cm³/mol. The molecule has 6 heteroatoms. The largest absolute Gasteiger partial charge is 0.493 e. The first-order valence-electron chi connectivity index (χ1n) is 7.17. The summed E-state index contributed by atoms with van der Waals surface area (Å²) in [7, 11) is 1.62. The summed E-state index contributed by atoms with van der Waals surface area (Å²) >= 11 is 11.3. The molecule has 0 spiro atoms. The van der Waals surface area contributed by atoms with Crippen molar-refractivity contribution < 1.29 is 9.47 Å². The van der Waals surface area contributed by atoms with E-state index in [2.05, 4.69) is 10.6 Å². The Morgan fingerprint density at radius 3 is 2.61 bits per heavy atom. The fourth-order valence-corrected chi connectivity index (χ4v) is 2.31. The van der Waals surface area contributed by atoms with Gasteiger partial charge in [0.2, 0.25) is 0 Å². The van der Waals surface area contributed by atoms with Crippen LogP contribution in [0.3, 0.4) is 0 Å². The number of hydrogen-bond donors (Lipinski definition) is 2. The molecule has 2 N–H and O–H groups in total. The van der Waals surface area contributed by atoms with Crippen molar-refractivity contribution in [2.45, 2.75) is 6.92 Å². The van der Waals surface area contributed by atoms with Crippen LogP contribution in [-0.2, 0) is 0 Å². The maximum atomic E-state index is 6.08. The van der Waals surface area contributed by atoms with Crippen LogP contribution in [0.2, 0.25) is 5.02 Å². The number of nitrogens with one attached hydrogen (secondary N) is 2. The fourth-order valence-electron chi connectivity index (χ4n) is 1.91. The minimum atomic E-state index is 0.469. The summed E-state index contributed by atoms with van der Waals surface area (Å²) in [5.74, 6) is 1.42. The van der Waals surface area contributed by atoms with Gasteiger partial charge in [0.25, 0.3) is 0 Å². The molecule has 0 saturated heterocycles. The van der Waals surface area contributed by atoms with Crippen molar-refractivity contribution in [2.75, 3.05) is 25.6 Å². The molecule has 0 unspecified atom stereocenters. The molecule has 0 bridgehead atoms. The Morgan fingerprint density at radius 2 is 1.91 bits per heavy atom.